The second kappa shape index (κ2) is 8.02. The Morgan fingerprint density at radius 2 is 2.07 bits per heavy atom. The van der Waals surface area contributed by atoms with Crippen LogP contribution in [-0.2, 0) is 4.74 Å². The molecule has 28 heavy (non-hydrogen) atoms. The average Bonchev–Trinajstić information content (AvgIpc) is 3.38. The minimum atomic E-state index is -0.532. The van der Waals surface area contributed by atoms with E-state index >= 15 is 0 Å². The van der Waals surface area contributed by atoms with Crippen molar-refractivity contribution in [3.63, 3.8) is 0 Å². The molecule has 1 aromatic heterocycles. The van der Waals surface area contributed by atoms with Crippen LogP contribution in [0.4, 0.5) is 23.1 Å². The van der Waals surface area contributed by atoms with Crippen molar-refractivity contribution in [2.45, 2.75) is 37.8 Å². The maximum absolute atomic E-state index is 11.6. The second-order valence-corrected chi connectivity index (χ2v) is 7.36. The lowest BCUT2D eigenvalue weighted by Crippen LogP contribution is -2.32. The van der Waals surface area contributed by atoms with Crippen molar-refractivity contribution in [1.29, 1.82) is 0 Å². The van der Waals surface area contributed by atoms with E-state index in [0.717, 1.165) is 38.1 Å². The van der Waals surface area contributed by atoms with Gasteiger partial charge in [-0.3, -0.25) is 4.79 Å². The van der Waals surface area contributed by atoms with Crippen LogP contribution in [0.25, 0.3) is 0 Å². The summed E-state index contributed by atoms with van der Waals surface area (Å²) >= 11 is 0. The van der Waals surface area contributed by atoms with E-state index in [9.17, 15) is 4.79 Å². The molecule has 2 aliphatic rings. The Kier molecular flexibility index (Phi) is 5.29. The van der Waals surface area contributed by atoms with Crippen molar-refractivity contribution in [2.24, 2.45) is 5.73 Å². The van der Waals surface area contributed by atoms with Gasteiger partial charge in [0.15, 0.2) is 0 Å². The number of nitrogens with one attached hydrogen (secondary N) is 2. The number of aromatic nitrogens is 2. The van der Waals surface area contributed by atoms with Gasteiger partial charge in [0.1, 0.15) is 5.82 Å². The summed E-state index contributed by atoms with van der Waals surface area (Å²) in [6.45, 7) is 1.80. The number of ether oxygens (including phenoxy) is 1. The molecule has 8 nitrogen and oxygen atoms in total. The Morgan fingerprint density at radius 1 is 1.29 bits per heavy atom. The number of nitrogens with two attached hydrogens (primary N) is 1. The summed E-state index contributed by atoms with van der Waals surface area (Å²) in [5, 5.41) is 6.45. The molecule has 1 atom stereocenters. The number of rotatable bonds is 8. The number of hydrogen-bond acceptors (Lipinski definition) is 7. The van der Waals surface area contributed by atoms with Gasteiger partial charge < -0.3 is 26.0 Å². The van der Waals surface area contributed by atoms with E-state index in [2.05, 4.69) is 37.6 Å². The number of anilines is 4. The van der Waals surface area contributed by atoms with Gasteiger partial charge >= 0.3 is 0 Å². The van der Waals surface area contributed by atoms with E-state index in [-0.39, 0.29) is 0 Å². The van der Waals surface area contributed by atoms with E-state index in [1.54, 1.807) is 7.11 Å². The molecule has 0 bridgehead atoms. The molecule has 4 N–H and O–H groups in total. The van der Waals surface area contributed by atoms with Gasteiger partial charge in [-0.2, -0.15) is 4.98 Å². The van der Waals surface area contributed by atoms with Crippen molar-refractivity contribution >= 4 is 29.0 Å². The van der Waals surface area contributed by atoms with Gasteiger partial charge in [0.05, 0.1) is 18.2 Å². The molecule has 1 saturated heterocycles. The van der Waals surface area contributed by atoms with Crippen LogP contribution in [0.5, 0.6) is 0 Å². The lowest BCUT2D eigenvalue weighted by Gasteiger charge is -2.26. The first-order valence-electron chi connectivity index (χ1n) is 9.70. The molecule has 4 rings (SSSR count). The third-order valence-corrected chi connectivity index (χ3v) is 5.16. The third-order valence-electron chi connectivity index (χ3n) is 5.16. The van der Waals surface area contributed by atoms with Crippen LogP contribution in [0.15, 0.2) is 30.5 Å². The van der Waals surface area contributed by atoms with Gasteiger partial charge in [-0.05, 0) is 49.9 Å². The molecule has 2 fully saturated rings. The van der Waals surface area contributed by atoms with E-state index < -0.39 is 5.91 Å². The first kappa shape index (κ1) is 18.5. The van der Waals surface area contributed by atoms with Crippen molar-refractivity contribution in [1.82, 2.24) is 9.97 Å². The highest BCUT2D eigenvalue weighted by atomic mass is 16.5. The molecule has 1 unspecified atom stereocenters. The molecule has 2 aromatic rings. The number of hydrogen-bond donors (Lipinski definition) is 3. The zero-order chi connectivity index (χ0) is 19.5. The minimum absolute atomic E-state index is 0.311. The summed E-state index contributed by atoms with van der Waals surface area (Å²) in [5.74, 6) is 0.387. The zero-order valence-corrected chi connectivity index (χ0v) is 16.0. The maximum atomic E-state index is 11.6. The lowest BCUT2D eigenvalue weighted by atomic mass is 10.2. The average molecular weight is 382 g/mol. The fourth-order valence-electron chi connectivity index (χ4n) is 3.56. The van der Waals surface area contributed by atoms with Crippen LogP contribution >= 0.6 is 0 Å². The smallest absolute Gasteiger partial charge is 0.254 e. The van der Waals surface area contributed by atoms with E-state index in [0.29, 0.717) is 29.4 Å². The number of methoxy groups -OCH3 is 1. The van der Waals surface area contributed by atoms with Crippen LogP contribution in [0, 0.1) is 0 Å². The highest BCUT2D eigenvalue weighted by molar-refractivity contribution is 5.97. The molecular formula is C20H26N6O2. The largest absolute Gasteiger partial charge is 0.383 e. The van der Waals surface area contributed by atoms with Gasteiger partial charge in [0.25, 0.3) is 5.91 Å². The summed E-state index contributed by atoms with van der Waals surface area (Å²) in [5.41, 5.74) is 7.81. The zero-order valence-electron chi connectivity index (χ0n) is 16.0. The van der Waals surface area contributed by atoms with Gasteiger partial charge in [0.2, 0.25) is 5.95 Å². The highest BCUT2D eigenvalue weighted by Gasteiger charge is 2.25. The first-order valence-corrected chi connectivity index (χ1v) is 9.70. The van der Waals surface area contributed by atoms with Crippen LogP contribution in [0.3, 0.4) is 0 Å². The van der Waals surface area contributed by atoms with Crippen LogP contribution in [-0.4, -0.2) is 48.2 Å². The van der Waals surface area contributed by atoms with Gasteiger partial charge in [-0.15, -0.1) is 0 Å². The molecular weight excluding hydrogens is 356 g/mol. The number of carbonyl (C=O) groups excluding carboxylic acids is 1. The van der Waals surface area contributed by atoms with E-state index in [4.69, 9.17) is 10.5 Å². The Bertz CT molecular complexity index is 837. The summed E-state index contributed by atoms with van der Waals surface area (Å²) in [6.07, 6.45) is 5.96. The number of primary amides is 1. The highest BCUT2D eigenvalue weighted by Crippen LogP contribution is 2.29. The topological polar surface area (TPSA) is 105 Å². The standard InChI is InChI=1S/C20H26N6O2/c1-28-12-16-3-2-10-26(16)15-8-6-14(7-9-15)24-20-22-11-17(18(21)27)19(25-20)23-13-4-5-13/h6-9,11,13,16H,2-5,10,12H2,1H3,(H2,21,27)(H2,22,23,24,25). The predicted molar refractivity (Wildman–Crippen MR) is 109 cm³/mol. The number of amides is 1. The third kappa shape index (κ3) is 4.17. The second-order valence-electron chi connectivity index (χ2n) is 7.36. The Balaban J connectivity index is 1.47. The minimum Gasteiger partial charge on any atom is -0.383 e. The van der Waals surface area contributed by atoms with Gasteiger partial charge in [-0.1, -0.05) is 0 Å². The predicted octanol–water partition coefficient (Wildman–Crippen LogP) is 2.51. The van der Waals surface area contributed by atoms with Gasteiger partial charge in [0, 0.05) is 37.3 Å². The Hall–Kier alpha value is -2.87. The van der Waals surface area contributed by atoms with Crippen LogP contribution < -0.4 is 21.3 Å². The molecule has 1 saturated carbocycles. The first-order chi connectivity index (χ1) is 13.6. The molecule has 1 aromatic carbocycles. The fourth-order valence-corrected chi connectivity index (χ4v) is 3.56. The Labute approximate surface area is 164 Å². The quantitative estimate of drug-likeness (QED) is 0.644. The van der Waals surface area contributed by atoms with Crippen LogP contribution in [0.2, 0.25) is 0 Å². The maximum Gasteiger partial charge on any atom is 0.254 e. The molecule has 8 heteroatoms. The molecule has 2 heterocycles. The SMILES string of the molecule is COCC1CCCN1c1ccc(Nc2ncc(C(N)=O)c(NC3CC3)n2)cc1. The molecule has 1 aliphatic heterocycles. The number of carbonyl (C=O) groups is 1. The number of nitrogens with zero attached hydrogens (tertiary/aromatic N) is 3. The van der Waals surface area contributed by atoms with Crippen LogP contribution in [0.1, 0.15) is 36.0 Å². The van der Waals surface area contributed by atoms with Crippen molar-refractivity contribution in [3.05, 3.63) is 36.0 Å². The van der Waals surface area contributed by atoms with Crippen molar-refractivity contribution in [2.75, 3.05) is 35.8 Å². The molecule has 1 aliphatic carbocycles. The molecule has 0 spiro atoms. The summed E-state index contributed by atoms with van der Waals surface area (Å²) in [4.78, 5) is 22.7. The molecule has 1 amide bonds. The normalized spacial score (nSPS) is 18.9. The summed E-state index contributed by atoms with van der Waals surface area (Å²) < 4.78 is 5.34. The fraction of sp³-hybridized carbons (Fsp3) is 0.450. The monoisotopic (exact) mass is 382 g/mol. The summed E-state index contributed by atoms with van der Waals surface area (Å²) in [6, 6.07) is 9.01. The van der Waals surface area contributed by atoms with E-state index in [1.807, 2.05) is 12.1 Å². The number of benzene rings is 1. The van der Waals surface area contributed by atoms with Crippen molar-refractivity contribution in [3.8, 4) is 0 Å². The molecule has 0 radical (unpaired) electrons. The van der Waals surface area contributed by atoms with E-state index in [1.165, 1.54) is 18.3 Å². The molecule has 148 valence electrons. The summed E-state index contributed by atoms with van der Waals surface area (Å²) in [7, 11) is 1.75. The lowest BCUT2D eigenvalue weighted by molar-refractivity contribution is 0.100. The van der Waals surface area contributed by atoms with Crippen molar-refractivity contribution < 1.29 is 9.53 Å². The van der Waals surface area contributed by atoms with Gasteiger partial charge in [-0.25, -0.2) is 4.98 Å². The Morgan fingerprint density at radius 3 is 2.75 bits per heavy atom.